The SMILES string of the molecule is C[C@H](O)CN1CCN(CCOc2ccccc2C#N)C[C@@H]1C. The fourth-order valence-electron chi connectivity index (χ4n) is 2.85. The maximum Gasteiger partial charge on any atom is 0.137 e. The lowest BCUT2D eigenvalue weighted by atomic mass is 10.1. The molecule has 1 N–H and O–H groups in total. The van der Waals surface area contributed by atoms with Crippen molar-refractivity contribution < 1.29 is 9.84 Å². The number of rotatable bonds is 6. The van der Waals surface area contributed by atoms with Crippen LogP contribution >= 0.6 is 0 Å². The van der Waals surface area contributed by atoms with Crippen LogP contribution < -0.4 is 4.74 Å². The Morgan fingerprint density at radius 2 is 2.18 bits per heavy atom. The van der Waals surface area contributed by atoms with E-state index < -0.39 is 0 Å². The predicted octanol–water partition coefficient (Wildman–Crippen LogP) is 1.32. The standard InChI is InChI=1S/C17H25N3O2/c1-14-12-19(7-8-20(14)13-15(2)21)9-10-22-17-6-4-3-5-16(17)11-18/h3-6,14-15,21H,7-10,12-13H2,1-2H3/t14-,15-/m0/s1. The summed E-state index contributed by atoms with van der Waals surface area (Å²) in [4.78, 5) is 4.70. The highest BCUT2D eigenvalue weighted by molar-refractivity contribution is 5.42. The van der Waals surface area contributed by atoms with Gasteiger partial charge in [0, 0.05) is 38.8 Å². The van der Waals surface area contributed by atoms with Gasteiger partial charge in [0.2, 0.25) is 0 Å². The third-order valence-corrected chi connectivity index (χ3v) is 4.02. The molecule has 1 saturated heterocycles. The number of aliphatic hydroxyl groups is 1. The van der Waals surface area contributed by atoms with Gasteiger partial charge in [-0.2, -0.15) is 5.26 Å². The van der Waals surface area contributed by atoms with Crippen LogP contribution in [0.4, 0.5) is 0 Å². The monoisotopic (exact) mass is 303 g/mol. The molecule has 1 aromatic carbocycles. The fourth-order valence-corrected chi connectivity index (χ4v) is 2.85. The molecule has 1 aliphatic rings. The van der Waals surface area contributed by atoms with E-state index in [9.17, 15) is 5.11 Å². The Bertz CT molecular complexity index is 513. The minimum absolute atomic E-state index is 0.278. The van der Waals surface area contributed by atoms with Gasteiger partial charge in [0.05, 0.1) is 11.7 Å². The smallest absolute Gasteiger partial charge is 0.137 e. The lowest BCUT2D eigenvalue weighted by molar-refractivity contribution is 0.0404. The largest absolute Gasteiger partial charge is 0.491 e. The van der Waals surface area contributed by atoms with Gasteiger partial charge in [0.25, 0.3) is 0 Å². The third-order valence-electron chi connectivity index (χ3n) is 4.02. The number of piperazine rings is 1. The number of ether oxygens (including phenoxy) is 1. The minimum atomic E-state index is -0.278. The van der Waals surface area contributed by atoms with E-state index in [2.05, 4.69) is 22.8 Å². The van der Waals surface area contributed by atoms with Gasteiger partial charge in [-0.05, 0) is 26.0 Å². The van der Waals surface area contributed by atoms with Gasteiger partial charge in [-0.25, -0.2) is 0 Å². The van der Waals surface area contributed by atoms with Crippen LogP contribution in [0, 0.1) is 11.3 Å². The molecule has 5 nitrogen and oxygen atoms in total. The molecule has 1 aliphatic heterocycles. The van der Waals surface area contributed by atoms with E-state index in [-0.39, 0.29) is 6.10 Å². The van der Waals surface area contributed by atoms with E-state index in [0.29, 0.717) is 24.0 Å². The molecule has 0 radical (unpaired) electrons. The van der Waals surface area contributed by atoms with Crippen LogP contribution in [0.2, 0.25) is 0 Å². The quantitative estimate of drug-likeness (QED) is 0.859. The number of hydrogen-bond donors (Lipinski definition) is 1. The summed E-state index contributed by atoms with van der Waals surface area (Å²) < 4.78 is 5.74. The van der Waals surface area contributed by atoms with Crippen molar-refractivity contribution in [3.63, 3.8) is 0 Å². The van der Waals surface area contributed by atoms with Crippen LogP contribution in [0.25, 0.3) is 0 Å². The minimum Gasteiger partial charge on any atom is -0.491 e. The molecule has 2 atom stereocenters. The van der Waals surface area contributed by atoms with E-state index in [4.69, 9.17) is 10.00 Å². The number of nitrogens with zero attached hydrogens (tertiary/aromatic N) is 3. The van der Waals surface area contributed by atoms with Crippen LogP contribution in [0.15, 0.2) is 24.3 Å². The summed E-state index contributed by atoms with van der Waals surface area (Å²) in [7, 11) is 0. The molecule has 2 rings (SSSR count). The molecule has 0 unspecified atom stereocenters. The Labute approximate surface area is 132 Å². The zero-order valence-corrected chi connectivity index (χ0v) is 13.4. The van der Waals surface area contributed by atoms with Gasteiger partial charge < -0.3 is 9.84 Å². The van der Waals surface area contributed by atoms with Crippen LogP contribution in [0.3, 0.4) is 0 Å². The molecule has 120 valence electrons. The summed E-state index contributed by atoms with van der Waals surface area (Å²) in [6.45, 7) is 9.15. The first-order valence-electron chi connectivity index (χ1n) is 7.86. The van der Waals surface area contributed by atoms with Gasteiger partial charge in [0.1, 0.15) is 18.4 Å². The highest BCUT2D eigenvalue weighted by atomic mass is 16.5. The van der Waals surface area contributed by atoms with Crippen molar-refractivity contribution in [3.05, 3.63) is 29.8 Å². The van der Waals surface area contributed by atoms with Crippen molar-refractivity contribution >= 4 is 0 Å². The number of hydrogen-bond acceptors (Lipinski definition) is 5. The number of para-hydroxylation sites is 1. The first kappa shape index (κ1) is 16.8. The molecule has 0 spiro atoms. The highest BCUT2D eigenvalue weighted by Crippen LogP contribution is 2.16. The molecular formula is C17H25N3O2. The maximum absolute atomic E-state index is 9.50. The van der Waals surface area contributed by atoms with Crippen LogP contribution in [-0.4, -0.2) is 66.4 Å². The van der Waals surface area contributed by atoms with Crippen molar-refractivity contribution in [2.24, 2.45) is 0 Å². The van der Waals surface area contributed by atoms with Crippen LogP contribution in [0.1, 0.15) is 19.4 Å². The second-order valence-electron chi connectivity index (χ2n) is 5.95. The number of benzene rings is 1. The first-order chi connectivity index (χ1) is 10.6. The molecule has 0 amide bonds. The second-order valence-corrected chi connectivity index (χ2v) is 5.95. The van der Waals surface area contributed by atoms with Gasteiger partial charge in [-0.15, -0.1) is 0 Å². The molecule has 1 heterocycles. The van der Waals surface area contributed by atoms with E-state index >= 15 is 0 Å². The molecule has 0 saturated carbocycles. The maximum atomic E-state index is 9.50. The number of β-amino-alcohol motifs (C(OH)–C–C–N with tert-alkyl or cyclic N) is 1. The summed E-state index contributed by atoms with van der Waals surface area (Å²) in [5.41, 5.74) is 0.581. The molecule has 5 heteroatoms. The molecule has 0 aliphatic carbocycles. The van der Waals surface area contributed by atoms with Crippen molar-refractivity contribution in [2.75, 3.05) is 39.3 Å². The summed E-state index contributed by atoms with van der Waals surface area (Å²) in [5.74, 6) is 0.658. The predicted molar refractivity (Wildman–Crippen MR) is 85.8 cm³/mol. The molecule has 0 bridgehead atoms. The van der Waals surface area contributed by atoms with Crippen LogP contribution in [0.5, 0.6) is 5.75 Å². The topological polar surface area (TPSA) is 59.7 Å². The first-order valence-corrected chi connectivity index (χ1v) is 7.86. The summed E-state index contributed by atoms with van der Waals surface area (Å²) >= 11 is 0. The molecule has 0 aromatic heterocycles. The fraction of sp³-hybridized carbons (Fsp3) is 0.588. The average molecular weight is 303 g/mol. The summed E-state index contributed by atoms with van der Waals surface area (Å²) in [5, 5.41) is 18.5. The Hall–Kier alpha value is -1.61. The van der Waals surface area contributed by atoms with E-state index in [1.54, 1.807) is 6.07 Å². The molecule has 1 aromatic rings. The second kappa shape index (κ2) is 8.14. The van der Waals surface area contributed by atoms with Crippen molar-refractivity contribution in [2.45, 2.75) is 26.0 Å². The van der Waals surface area contributed by atoms with Crippen molar-refractivity contribution in [1.29, 1.82) is 5.26 Å². The lowest BCUT2D eigenvalue weighted by Gasteiger charge is -2.40. The normalized spacial score (nSPS) is 21.3. The Morgan fingerprint density at radius 1 is 1.41 bits per heavy atom. The highest BCUT2D eigenvalue weighted by Gasteiger charge is 2.24. The lowest BCUT2D eigenvalue weighted by Crippen LogP contribution is -2.54. The molecule has 22 heavy (non-hydrogen) atoms. The summed E-state index contributed by atoms with van der Waals surface area (Å²) in [6.07, 6.45) is -0.278. The Balaban J connectivity index is 1.76. The van der Waals surface area contributed by atoms with Gasteiger partial charge in [-0.3, -0.25) is 9.80 Å². The molecule has 1 fully saturated rings. The number of nitriles is 1. The zero-order chi connectivity index (χ0) is 15.9. The third kappa shape index (κ3) is 4.70. The van der Waals surface area contributed by atoms with Gasteiger partial charge >= 0.3 is 0 Å². The Morgan fingerprint density at radius 3 is 2.86 bits per heavy atom. The van der Waals surface area contributed by atoms with E-state index in [1.165, 1.54) is 0 Å². The van der Waals surface area contributed by atoms with E-state index in [0.717, 1.165) is 32.7 Å². The van der Waals surface area contributed by atoms with Gasteiger partial charge in [0.15, 0.2) is 0 Å². The Kier molecular flexibility index (Phi) is 6.20. The van der Waals surface area contributed by atoms with Crippen molar-refractivity contribution in [1.82, 2.24) is 9.80 Å². The average Bonchev–Trinajstić information content (AvgIpc) is 2.50. The molecular weight excluding hydrogens is 278 g/mol. The zero-order valence-electron chi connectivity index (χ0n) is 13.4. The summed E-state index contributed by atoms with van der Waals surface area (Å²) in [6, 6.07) is 9.91. The van der Waals surface area contributed by atoms with E-state index in [1.807, 2.05) is 25.1 Å². The van der Waals surface area contributed by atoms with Crippen molar-refractivity contribution in [3.8, 4) is 11.8 Å². The van der Waals surface area contributed by atoms with Crippen LogP contribution in [-0.2, 0) is 0 Å². The van der Waals surface area contributed by atoms with Gasteiger partial charge in [-0.1, -0.05) is 12.1 Å². The number of aliphatic hydroxyl groups excluding tert-OH is 1.